The molecule has 1 atom stereocenters. The Morgan fingerprint density at radius 2 is 2.05 bits per heavy atom. The second-order valence-corrected chi connectivity index (χ2v) is 4.86. The third-order valence-corrected chi connectivity index (χ3v) is 3.73. The van der Waals surface area contributed by atoms with E-state index in [1.165, 1.54) is 18.4 Å². The smallest absolute Gasteiger partial charge is 0.320 e. The van der Waals surface area contributed by atoms with Gasteiger partial charge in [0.05, 0.1) is 21.3 Å². The van der Waals surface area contributed by atoms with Crippen LogP contribution in [0.1, 0.15) is 16.5 Å². The number of methoxy groups -OCH3 is 3. The van der Waals surface area contributed by atoms with E-state index >= 15 is 0 Å². The van der Waals surface area contributed by atoms with Gasteiger partial charge in [-0.05, 0) is 6.07 Å². The predicted octanol–water partition coefficient (Wildman–Crippen LogP) is 2.47. The SMILES string of the molecule is COC(=O)C(c1nccs1)c1ccc(OC)cc1OC. The molecule has 0 aliphatic carbocycles. The van der Waals surface area contributed by atoms with Crippen molar-refractivity contribution in [1.82, 2.24) is 4.98 Å². The Morgan fingerprint density at radius 3 is 2.60 bits per heavy atom. The molecule has 0 amide bonds. The van der Waals surface area contributed by atoms with Gasteiger partial charge in [0.25, 0.3) is 0 Å². The van der Waals surface area contributed by atoms with E-state index in [2.05, 4.69) is 4.98 Å². The highest BCUT2D eigenvalue weighted by Crippen LogP contribution is 2.36. The Morgan fingerprint density at radius 1 is 1.25 bits per heavy atom. The van der Waals surface area contributed by atoms with Crippen LogP contribution in [-0.4, -0.2) is 32.3 Å². The highest BCUT2D eigenvalue weighted by Gasteiger charge is 2.29. The van der Waals surface area contributed by atoms with Gasteiger partial charge in [-0.25, -0.2) is 4.98 Å². The Balaban J connectivity index is 2.51. The molecule has 106 valence electrons. The molecule has 1 aromatic heterocycles. The average molecular weight is 293 g/mol. The number of ether oxygens (including phenoxy) is 3. The summed E-state index contributed by atoms with van der Waals surface area (Å²) in [6, 6.07) is 5.31. The summed E-state index contributed by atoms with van der Waals surface area (Å²) in [7, 11) is 4.49. The number of carbonyl (C=O) groups is 1. The normalized spacial score (nSPS) is 11.8. The lowest BCUT2D eigenvalue weighted by Crippen LogP contribution is -2.16. The maximum atomic E-state index is 12.1. The van der Waals surface area contributed by atoms with Crippen molar-refractivity contribution in [3.63, 3.8) is 0 Å². The van der Waals surface area contributed by atoms with Gasteiger partial charge in [0, 0.05) is 23.2 Å². The molecule has 0 saturated heterocycles. The summed E-state index contributed by atoms with van der Waals surface area (Å²) >= 11 is 1.40. The van der Waals surface area contributed by atoms with E-state index in [0.29, 0.717) is 22.1 Å². The monoisotopic (exact) mass is 293 g/mol. The van der Waals surface area contributed by atoms with Crippen LogP contribution in [0.3, 0.4) is 0 Å². The molecule has 0 spiro atoms. The Bertz CT molecular complexity index is 583. The van der Waals surface area contributed by atoms with Crippen molar-refractivity contribution in [2.45, 2.75) is 5.92 Å². The topological polar surface area (TPSA) is 57.7 Å². The summed E-state index contributed by atoms with van der Waals surface area (Å²) in [4.78, 5) is 16.3. The van der Waals surface area contributed by atoms with Crippen LogP contribution in [-0.2, 0) is 9.53 Å². The van der Waals surface area contributed by atoms with E-state index in [4.69, 9.17) is 14.2 Å². The van der Waals surface area contributed by atoms with Gasteiger partial charge in [0.1, 0.15) is 22.4 Å². The van der Waals surface area contributed by atoms with Crippen molar-refractivity contribution in [3.05, 3.63) is 40.3 Å². The molecule has 5 nitrogen and oxygen atoms in total. The second kappa shape index (κ2) is 6.38. The largest absolute Gasteiger partial charge is 0.497 e. The first-order valence-electron chi connectivity index (χ1n) is 5.90. The highest BCUT2D eigenvalue weighted by molar-refractivity contribution is 7.09. The number of rotatable bonds is 5. The van der Waals surface area contributed by atoms with Crippen molar-refractivity contribution >= 4 is 17.3 Å². The molecule has 0 aliphatic heterocycles. The summed E-state index contributed by atoms with van der Waals surface area (Å²) < 4.78 is 15.4. The molecule has 1 aromatic carbocycles. The van der Waals surface area contributed by atoms with Crippen LogP contribution in [0.4, 0.5) is 0 Å². The zero-order valence-electron chi connectivity index (χ0n) is 11.5. The van der Waals surface area contributed by atoms with Crippen molar-refractivity contribution in [1.29, 1.82) is 0 Å². The van der Waals surface area contributed by atoms with Crippen LogP contribution < -0.4 is 9.47 Å². The quantitative estimate of drug-likeness (QED) is 0.793. The van der Waals surface area contributed by atoms with Crippen LogP contribution in [0, 0.1) is 0 Å². The fourth-order valence-corrected chi connectivity index (χ4v) is 2.65. The van der Waals surface area contributed by atoms with Crippen molar-refractivity contribution < 1.29 is 19.0 Å². The minimum atomic E-state index is -0.596. The maximum absolute atomic E-state index is 12.1. The molecule has 1 unspecified atom stereocenters. The van der Waals surface area contributed by atoms with Gasteiger partial charge in [-0.1, -0.05) is 6.07 Å². The first-order valence-corrected chi connectivity index (χ1v) is 6.78. The fraction of sp³-hybridized carbons (Fsp3) is 0.286. The summed E-state index contributed by atoms with van der Waals surface area (Å²) in [5.74, 6) is 0.257. The number of benzene rings is 1. The molecule has 6 heteroatoms. The van der Waals surface area contributed by atoms with Crippen LogP contribution in [0.2, 0.25) is 0 Å². The summed E-state index contributed by atoms with van der Waals surface area (Å²) in [5.41, 5.74) is 0.704. The number of aromatic nitrogens is 1. The Kier molecular flexibility index (Phi) is 4.57. The molecule has 0 aliphatic rings. The third kappa shape index (κ3) is 2.75. The zero-order chi connectivity index (χ0) is 14.5. The summed E-state index contributed by atoms with van der Waals surface area (Å²) in [6.45, 7) is 0. The summed E-state index contributed by atoms with van der Waals surface area (Å²) in [6.07, 6.45) is 1.66. The minimum absolute atomic E-state index is 0.372. The van der Waals surface area contributed by atoms with E-state index in [-0.39, 0.29) is 5.97 Å². The van der Waals surface area contributed by atoms with Crippen molar-refractivity contribution in [3.8, 4) is 11.5 Å². The number of carbonyl (C=O) groups excluding carboxylic acids is 1. The van der Waals surface area contributed by atoms with Crippen LogP contribution in [0.15, 0.2) is 29.8 Å². The number of hydrogen-bond donors (Lipinski definition) is 0. The third-order valence-electron chi connectivity index (χ3n) is 2.89. The van der Waals surface area contributed by atoms with Crippen LogP contribution >= 0.6 is 11.3 Å². The first kappa shape index (κ1) is 14.3. The Hall–Kier alpha value is -2.08. The molecule has 0 bridgehead atoms. The Labute approximate surface area is 121 Å². The van der Waals surface area contributed by atoms with E-state index in [0.717, 1.165) is 0 Å². The molecule has 0 saturated carbocycles. The number of esters is 1. The molecular weight excluding hydrogens is 278 g/mol. The van der Waals surface area contributed by atoms with Crippen molar-refractivity contribution in [2.24, 2.45) is 0 Å². The lowest BCUT2D eigenvalue weighted by atomic mass is 9.98. The van der Waals surface area contributed by atoms with Gasteiger partial charge in [0.15, 0.2) is 0 Å². The molecule has 2 aromatic rings. The van der Waals surface area contributed by atoms with Gasteiger partial charge in [-0.15, -0.1) is 11.3 Å². The first-order chi connectivity index (χ1) is 9.71. The molecular formula is C14H15NO4S. The van der Waals surface area contributed by atoms with Crippen LogP contribution in [0.25, 0.3) is 0 Å². The van der Waals surface area contributed by atoms with Crippen molar-refractivity contribution in [2.75, 3.05) is 21.3 Å². The van der Waals surface area contributed by atoms with Gasteiger partial charge in [-0.2, -0.15) is 0 Å². The molecule has 0 N–H and O–H groups in total. The van der Waals surface area contributed by atoms with Gasteiger partial charge in [0.2, 0.25) is 0 Å². The van der Waals surface area contributed by atoms with Crippen LogP contribution in [0.5, 0.6) is 11.5 Å². The lowest BCUT2D eigenvalue weighted by Gasteiger charge is -2.16. The number of hydrogen-bond acceptors (Lipinski definition) is 6. The summed E-state index contributed by atoms with van der Waals surface area (Å²) in [5, 5.41) is 2.49. The maximum Gasteiger partial charge on any atom is 0.320 e. The number of nitrogens with zero attached hydrogens (tertiary/aromatic N) is 1. The lowest BCUT2D eigenvalue weighted by molar-refractivity contribution is -0.141. The van der Waals surface area contributed by atoms with Gasteiger partial charge >= 0.3 is 5.97 Å². The molecule has 0 radical (unpaired) electrons. The second-order valence-electron chi connectivity index (χ2n) is 3.93. The molecule has 1 heterocycles. The zero-order valence-corrected chi connectivity index (χ0v) is 12.3. The van der Waals surface area contributed by atoms with Gasteiger partial charge < -0.3 is 14.2 Å². The standard InChI is InChI=1S/C14H15NO4S/c1-17-9-4-5-10(11(8-9)18-2)12(14(16)19-3)13-15-6-7-20-13/h4-8,12H,1-3H3. The minimum Gasteiger partial charge on any atom is -0.497 e. The fourth-order valence-electron chi connectivity index (χ4n) is 1.91. The van der Waals surface area contributed by atoms with E-state index in [1.54, 1.807) is 38.6 Å². The average Bonchev–Trinajstić information content (AvgIpc) is 3.01. The highest BCUT2D eigenvalue weighted by atomic mass is 32.1. The van der Waals surface area contributed by atoms with E-state index in [9.17, 15) is 4.79 Å². The van der Waals surface area contributed by atoms with E-state index in [1.807, 2.05) is 5.38 Å². The molecule has 0 fully saturated rings. The van der Waals surface area contributed by atoms with Gasteiger partial charge in [-0.3, -0.25) is 4.79 Å². The molecule has 20 heavy (non-hydrogen) atoms. The predicted molar refractivity (Wildman–Crippen MR) is 75.5 cm³/mol. The molecule has 2 rings (SSSR count). The van der Waals surface area contributed by atoms with E-state index < -0.39 is 5.92 Å². The number of thiazole rings is 1.